The van der Waals surface area contributed by atoms with E-state index >= 15 is 0 Å². The van der Waals surface area contributed by atoms with Crippen molar-refractivity contribution in [2.45, 2.75) is 64.2 Å². The van der Waals surface area contributed by atoms with E-state index in [1.165, 1.54) is 16.7 Å². The molecule has 0 bridgehead atoms. The van der Waals surface area contributed by atoms with Crippen LogP contribution in [-0.2, 0) is 11.2 Å². The highest BCUT2D eigenvalue weighted by Crippen LogP contribution is 2.31. The van der Waals surface area contributed by atoms with Crippen LogP contribution in [0.25, 0.3) is 5.57 Å². The van der Waals surface area contributed by atoms with Crippen LogP contribution < -0.4 is 5.32 Å². The summed E-state index contributed by atoms with van der Waals surface area (Å²) >= 11 is 0. The Labute approximate surface area is 169 Å². The molecule has 146 valence electrons. The molecule has 1 aromatic rings. The van der Waals surface area contributed by atoms with E-state index in [2.05, 4.69) is 55.9 Å². The Balaban J connectivity index is 1.59. The summed E-state index contributed by atoms with van der Waals surface area (Å²) in [5, 5.41) is 12.5. The smallest absolute Gasteiger partial charge is 0.237 e. The maximum absolute atomic E-state index is 12.2. The first-order valence-electron chi connectivity index (χ1n) is 10.4. The minimum atomic E-state index is -0.0501. The van der Waals surface area contributed by atoms with E-state index in [0.717, 1.165) is 44.3 Å². The van der Waals surface area contributed by atoms with Crippen molar-refractivity contribution in [1.29, 1.82) is 5.26 Å². The third-order valence-corrected chi connectivity index (χ3v) is 5.98. The average molecular weight is 375 g/mol. The van der Waals surface area contributed by atoms with Gasteiger partial charge in [-0.25, -0.2) is 0 Å². The number of hydrogen-bond acceptors (Lipinski definition) is 3. The second-order valence-corrected chi connectivity index (χ2v) is 8.32. The second kappa shape index (κ2) is 9.14. The van der Waals surface area contributed by atoms with Crippen molar-refractivity contribution in [2.75, 3.05) is 6.54 Å². The van der Waals surface area contributed by atoms with Gasteiger partial charge in [0.1, 0.15) is 6.42 Å². The zero-order chi connectivity index (χ0) is 20.1. The number of allylic oxidation sites excluding steroid dienone is 1. The van der Waals surface area contributed by atoms with Gasteiger partial charge in [-0.05, 0) is 42.4 Å². The van der Waals surface area contributed by atoms with Crippen molar-refractivity contribution in [3.05, 3.63) is 53.7 Å². The van der Waals surface area contributed by atoms with Crippen LogP contribution in [0.2, 0.25) is 13.6 Å². The molecule has 2 atom stereocenters. The molecule has 1 heterocycles. The summed E-state index contributed by atoms with van der Waals surface area (Å²) < 4.78 is 0. The molecule has 1 amide bonds. The number of hydrogen-bond donors (Lipinski definition) is 1. The number of carbonyl (C=O) groups excluding carboxylic acids is 1. The standard InChI is InChI=1S/C23H30BN3O/c1-17(15-20-8-6-14-27(20)23(28)12-13-25)26-22(24(2)3)16-19-11-10-18-7-4-5-9-21(18)19/h4-5,7,9,11,20,22,26H,1,6,8,10,12,14-16H2,2-3H3. The predicted octanol–water partition coefficient (Wildman–Crippen LogP) is 4.08. The van der Waals surface area contributed by atoms with Crippen molar-refractivity contribution in [3.8, 4) is 6.07 Å². The number of amides is 1. The van der Waals surface area contributed by atoms with Gasteiger partial charge in [-0.15, -0.1) is 0 Å². The molecule has 5 heteroatoms. The highest BCUT2D eigenvalue weighted by atomic mass is 16.2. The fraction of sp³-hybridized carbons (Fsp3) is 0.478. The van der Waals surface area contributed by atoms with Crippen molar-refractivity contribution >= 4 is 18.2 Å². The number of nitriles is 1. The van der Waals surface area contributed by atoms with E-state index in [1.54, 1.807) is 0 Å². The van der Waals surface area contributed by atoms with Crippen molar-refractivity contribution in [2.24, 2.45) is 0 Å². The molecule has 1 saturated heterocycles. The fourth-order valence-corrected chi connectivity index (χ4v) is 4.39. The maximum atomic E-state index is 12.2. The Kier molecular flexibility index (Phi) is 6.62. The molecule has 0 spiro atoms. The van der Waals surface area contributed by atoms with Crippen LogP contribution in [0.4, 0.5) is 0 Å². The molecule has 0 radical (unpaired) electrons. The molecule has 1 aromatic carbocycles. The molecule has 28 heavy (non-hydrogen) atoms. The van der Waals surface area contributed by atoms with Crippen LogP contribution >= 0.6 is 0 Å². The molecular weight excluding hydrogens is 345 g/mol. The summed E-state index contributed by atoms with van der Waals surface area (Å²) in [5.74, 6) is 0.264. The van der Waals surface area contributed by atoms with Crippen LogP contribution in [0.1, 0.15) is 43.2 Å². The van der Waals surface area contributed by atoms with E-state index in [4.69, 9.17) is 5.26 Å². The topological polar surface area (TPSA) is 56.1 Å². The normalized spacial score (nSPS) is 18.8. The van der Waals surface area contributed by atoms with Crippen molar-refractivity contribution in [1.82, 2.24) is 10.2 Å². The van der Waals surface area contributed by atoms with Gasteiger partial charge in [-0.1, -0.05) is 50.6 Å². The number of carbonyl (C=O) groups is 1. The Morgan fingerprint density at radius 3 is 2.96 bits per heavy atom. The molecule has 1 aliphatic carbocycles. The van der Waals surface area contributed by atoms with Gasteiger partial charge >= 0.3 is 0 Å². The van der Waals surface area contributed by atoms with E-state index < -0.39 is 0 Å². The van der Waals surface area contributed by atoms with Gasteiger partial charge in [-0.3, -0.25) is 4.79 Å². The third kappa shape index (κ3) is 4.68. The first-order valence-corrected chi connectivity index (χ1v) is 10.4. The lowest BCUT2D eigenvalue weighted by Gasteiger charge is -2.28. The molecule has 3 rings (SSSR count). The molecule has 4 nitrogen and oxygen atoms in total. The van der Waals surface area contributed by atoms with Crippen molar-refractivity contribution in [3.63, 3.8) is 0 Å². The van der Waals surface area contributed by atoms with Crippen LogP contribution in [-0.4, -0.2) is 36.0 Å². The Hall–Kier alpha value is -2.48. The molecule has 0 aromatic heterocycles. The van der Waals surface area contributed by atoms with Crippen LogP contribution in [0, 0.1) is 11.3 Å². The van der Waals surface area contributed by atoms with Gasteiger partial charge in [0.05, 0.1) is 6.07 Å². The number of likely N-dealkylation sites (tertiary alicyclic amines) is 1. The molecule has 1 fully saturated rings. The van der Waals surface area contributed by atoms with E-state index in [1.807, 2.05) is 11.0 Å². The lowest BCUT2D eigenvalue weighted by atomic mass is 9.47. The summed E-state index contributed by atoms with van der Waals surface area (Å²) in [6.07, 6.45) is 7.08. The Morgan fingerprint density at radius 2 is 2.21 bits per heavy atom. The number of benzene rings is 1. The van der Waals surface area contributed by atoms with Gasteiger partial charge < -0.3 is 10.2 Å². The first kappa shape index (κ1) is 20.3. The largest absolute Gasteiger partial charge is 0.393 e. The fourth-order valence-electron chi connectivity index (χ4n) is 4.39. The molecule has 2 aliphatic rings. The second-order valence-electron chi connectivity index (χ2n) is 8.32. The number of nitrogens with one attached hydrogen (secondary N) is 1. The van der Waals surface area contributed by atoms with E-state index in [0.29, 0.717) is 12.7 Å². The summed E-state index contributed by atoms with van der Waals surface area (Å²) in [6, 6.07) is 10.8. The predicted molar refractivity (Wildman–Crippen MR) is 116 cm³/mol. The van der Waals surface area contributed by atoms with Crippen LogP contribution in [0.3, 0.4) is 0 Å². The Morgan fingerprint density at radius 1 is 1.43 bits per heavy atom. The van der Waals surface area contributed by atoms with Crippen LogP contribution in [0.15, 0.2) is 42.6 Å². The quantitative estimate of drug-likeness (QED) is 0.697. The zero-order valence-corrected chi connectivity index (χ0v) is 17.1. The lowest BCUT2D eigenvalue weighted by molar-refractivity contribution is -0.130. The average Bonchev–Trinajstić information content (AvgIpc) is 3.28. The van der Waals surface area contributed by atoms with Gasteiger partial charge in [0, 0.05) is 30.6 Å². The third-order valence-electron chi connectivity index (χ3n) is 5.98. The minimum absolute atomic E-state index is 0.0292. The molecular formula is C23H30BN3O. The zero-order valence-electron chi connectivity index (χ0n) is 17.1. The van der Waals surface area contributed by atoms with Crippen LogP contribution in [0.5, 0.6) is 0 Å². The molecule has 0 saturated carbocycles. The first-order chi connectivity index (χ1) is 13.5. The van der Waals surface area contributed by atoms with Gasteiger partial charge in [-0.2, -0.15) is 5.26 Å². The van der Waals surface area contributed by atoms with E-state index in [-0.39, 0.29) is 18.4 Å². The van der Waals surface area contributed by atoms with Gasteiger partial charge in [0.2, 0.25) is 5.91 Å². The van der Waals surface area contributed by atoms with E-state index in [9.17, 15) is 4.79 Å². The monoisotopic (exact) mass is 375 g/mol. The number of fused-ring (bicyclic) bond motifs is 1. The van der Waals surface area contributed by atoms with Gasteiger partial charge in [0.15, 0.2) is 6.71 Å². The lowest BCUT2D eigenvalue weighted by Crippen LogP contribution is -2.41. The minimum Gasteiger partial charge on any atom is -0.393 e. The molecule has 1 N–H and O–H groups in total. The highest BCUT2D eigenvalue weighted by molar-refractivity contribution is 6.57. The maximum Gasteiger partial charge on any atom is 0.237 e. The molecule has 2 unspecified atom stereocenters. The SMILES string of the molecule is C=C(CC1CCCN1C(=O)CC#N)NC(CC1=CCc2ccccc21)B(C)C. The summed E-state index contributed by atoms with van der Waals surface area (Å²) in [7, 11) is 0. The number of nitrogens with zero attached hydrogens (tertiary/aromatic N) is 2. The highest BCUT2D eigenvalue weighted by Gasteiger charge is 2.29. The van der Waals surface area contributed by atoms with Gasteiger partial charge in [0.25, 0.3) is 0 Å². The number of rotatable bonds is 8. The van der Waals surface area contributed by atoms with Crippen molar-refractivity contribution < 1.29 is 4.79 Å². The summed E-state index contributed by atoms with van der Waals surface area (Å²) in [6.45, 7) is 9.98. The molecule has 1 aliphatic heterocycles. The summed E-state index contributed by atoms with van der Waals surface area (Å²) in [5.41, 5.74) is 5.20. The summed E-state index contributed by atoms with van der Waals surface area (Å²) in [4.78, 5) is 14.0. The Bertz CT molecular complexity index is 808.